The van der Waals surface area contributed by atoms with Gasteiger partial charge in [0.05, 0.1) is 5.75 Å². The fourth-order valence-electron chi connectivity index (χ4n) is 1.09. The third-order valence-corrected chi connectivity index (χ3v) is 3.47. The van der Waals surface area contributed by atoms with Gasteiger partial charge in [0.15, 0.2) is 0 Å². The number of hydrogen-bond acceptors (Lipinski definition) is 3. The van der Waals surface area contributed by atoms with Crippen LogP contribution in [0.4, 0.5) is 0 Å². The van der Waals surface area contributed by atoms with Crippen molar-refractivity contribution >= 4 is 21.6 Å². The predicted octanol–water partition coefficient (Wildman–Crippen LogP) is 0.718. The quantitative estimate of drug-likeness (QED) is 0.807. The van der Waals surface area contributed by atoms with E-state index in [1.165, 1.54) is 0 Å². The molecule has 0 aliphatic rings. The molecule has 0 saturated carbocycles. The van der Waals surface area contributed by atoms with E-state index in [1.807, 2.05) is 0 Å². The Morgan fingerprint density at radius 2 is 2.00 bits per heavy atom. The standard InChI is InChI=1S/C9H13ClN2O2S/c10-9-4-2-1-3-8(9)7-15(13,14)12-6-5-11/h1-4,12H,5-7,11H2. The molecule has 15 heavy (non-hydrogen) atoms. The van der Waals surface area contributed by atoms with Crippen molar-refractivity contribution in [1.82, 2.24) is 4.72 Å². The van der Waals surface area contributed by atoms with Crippen LogP contribution in [-0.4, -0.2) is 21.5 Å². The topological polar surface area (TPSA) is 72.2 Å². The average molecular weight is 249 g/mol. The number of hydrogen-bond donors (Lipinski definition) is 2. The van der Waals surface area contributed by atoms with Crippen molar-refractivity contribution < 1.29 is 8.42 Å². The normalized spacial score (nSPS) is 11.6. The van der Waals surface area contributed by atoms with E-state index in [0.29, 0.717) is 10.6 Å². The SMILES string of the molecule is NCCNS(=O)(=O)Cc1ccccc1Cl. The summed E-state index contributed by atoms with van der Waals surface area (Å²) >= 11 is 5.85. The Morgan fingerprint density at radius 1 is 1.33 bits per heavy atom. The summed E-state index contributed by atoms with van der Waals surface area (Å²) in [6.45, 7) is 0.522. The summed E-state index contributed by atoms with van der Waals surface area (Å²) < 4.78 is 25.3. The molecule has 1 rings (SSSR count). The molecule has 84 valence electrons. The molecule has 0 aromatic heterocycles. The fraction of sp³-hybridized carbons (Fsp3) is 0.333. The molecule has 1 aromatic carbocycles. The van der Waals surface area contributed by atoms with Gasteiger partial charge in [-0.3, -0.25) is 0 Å². The Morgan fingerprint density at radius 3 is 2.60 bits per heavy atom. The molecule has 0 amide bonds. The number of rotatable bonds is 5. The lowest BCUT2D eigenvalue weighted by Crippen LogP contribution is -2.30. The maximum Gasteiger partial charge on any atom is 0.215 e. The van der Waals surface area contributed by atoms with Gasteiger partial charge in [-0.05, 0) is 11.6 Å². The van der Waals surface area contributed by atoms with Crippen molar-refractivity contribution in [3.63, 3.8) is 0 Å². The van der Waals surface area contributed by atoms with E-state index in [1.54, 1.807) is 24.3 Å². The minimum Gasteiger partial charge on any atom is -0.329 e. The minimum atomic E-state index is -3.33. The van der Waals surface area contributed by atoms with Gasteiger partial charge in [0.25, 0.3) is 0 Å². The number of benzene rings is 1. The Labute approximate surface area is 94.5 Å². The lowest BCUT2D eigenvalue weighted by Gasteiger charge is -2.06. The van der Waals surface area contributed by atoms with Gasteiger partial charge in [0.2, 0.25) is 10.0 Å². The molecule has 0 atom stereocenters. The number of halogens is 1. The zero-order valence-electron chi connectivity index (χ0n) is 8.11. The molecule has 3 N–H and O–H groups in total. The van der Waals surface area contributed by atoms with Crippen LogP contribution < -0.4 is 10.5 Å². The third kappa shape index (κ3) is 4.17. The Kier molecular flexibility index (Phi) is 4.53. The first-order valence-corrected chi connectivity index (χ1v) is 6.49. The van der Waals surface area contributed by atoms with E-state index in [0.717, 1.165) is 0 Å². The molecular formula is C9H13ClN2O2S. The molecule has 0 aliphatic carbocycles. The van der Waals surface area contributed by atoms with Crippen molar-refractivity contribution in [2.75, 3.05) is 13.1 Å². The molecule has 4 nitrogen and oxygen atoms in total. The first kappa shape index (κ1) is 12.4. The van der Waals surface area contributed by atoms with Gasteiger partial charge >= 0.3 is 0 Å². The van der Waals surface area contributed by atoms with Gasteiger partial charge in [-0.1, -0.05) is 29.8 Å². The van der Waals surface area contributed by atoms with Gasteiger partial charge in [-0.25, -0.2) is 13.1 Å². The van der Waals surface area contributed by atoms with Crippen LogP contribution in [0.15, 0.2) is 24.3 Å². The van der Waals surface area contributed by atoms with Gasteiger partial charge in [0.1, 0.15) is 0 Å². The lowest BCUT2D eigenvalue weighted by molar-refractivity contribution is 0.581. The van der Waals surface area contributed by atoms with Crippen molar-refractivity contribution in [2.45, 2.75) is 5.75 Å². The summed E-state index contributed by atoms with van der Waals surface area (Å²) in [4.78, 5) is 0. The monoisotopic (exact) mass is 248 g/mol. The van der Waals surface area contributed by atoms with Gasteiger partial charge in [0, 0.05) is 18.1 Å². The molecular weight excluding hydrogens is 236 g/mol. The van der Waals surface area contributed by atoms with Crippen molar-refractivity contribution in [3.05, 3.63) is 34.9 Å². The highest BCUT2D eigenvalue weighted by Crippen LogP contribution is 2.16. The maximum absolute atomic E-state index is 11.5. The molecule has 0 aliphatic heterocycles. The summed E-state index contributed by atoms with van der Waals surface area (Å²) in [5.74, 6) is -0.118. The summed E-state index contributed by atoms with van der Waals surface area (Å²) in [6, 6.07) is 6.85. The van der Waals surface area contributed by atoms with Crippen molar-refractivity contribution in [3.8, 4) is 0 Å². The Bertz CT molecular complexity index is 420. The van der Waals surface area contributed by atoms with E-state index in [2.05, 4.69) is 4.72 Å². The Balaban J connectivity index is 2.74. The van der Waals surface area contributed by atoms with Crippen LogP contribution >= 0.6 is 11.6 Å². The third-order valence-electron chi connectivity index (χ3n) is 1.77. The van der Waals surface area contributed by atoms with E-state index < -0.39 is 10.0 Å². The van der Waals surface area contributed by atoms with E-state index in [-0.39, 0.29) is 18.8 Å². The van der Waals surface area contributed by atoms with Crippen molar-refractivity contribution in [1.29, 1.82) is 0 Å². The van der Waals surface area contributed by atoms with Crippen LogP contribution in [0.3, 0.4) is 0 Å². The molecule has 0 unspecified atom stereocenters. The van der Waals surface area contributed by atoms with Gasteiger partial charge < -0.3 is 5.73 Å². The van der Waals surface area contributed by atoms with Crippen LogP contribution in [0, 0.1) is 0 Å². The van der Waals surface area contributed by atoms with Crippen LogP contribution in [0.1, 0.15) is 5.56 Å². The summed E-state index contributed by atoms with van der Waals surface area (Å²) in [5.41, 5.74) is 5.79. The largest absolute Gasteiger partial charge is 0.329 e. The second-order valence-electron chi connectivity index (χ2n) is 3.03. The molecule has 1 aromatic rings. The number of nitrogens with two attached hydrogens (primary N) is 1. The molecule has 0 heterocycles. The number of sulfonamides is 1. The molecule has 6 heteroatoms. The molecule has 0 spiro atoms. The highest BCUT2D eigenvalue weighted by Gasteiger charge is 2.12. The van der Waals surface area contributed by atoms with Crippen LogP contribution in [0.5, 0.6) is 0 Å². The van der Waals surface area contributed by atoms with E-state index >= 15 is 0 Å². The van der Waals surface area contributed by atoms with Crippen LogP contribution in [0.2, 0.25) is 5.02 Å². The number of nitrogens with one attached hydrogen (secondary N) is 1. The zero-order valence-corrected chi connectivity index (χ0v) is 9.68. The Hall–Kier alpha value is -0.620. The summed E-state index contributed by atoms with van der Waals surface area (Å²) in [6.07, 6.45) is 0. The van der Waals surface area contributed by atoms with Gasteiger partial charge in [-0.15, -0.1) is 0 Å². The highest BCUT2D eigenvalue weighted by molar-refractivity contribution is 7.88. The summed E-state index contributed by atoms with van der Waals surface area (Å²) in [5, 5.41) is 0.454. The highest BCUT2D eigenvalue weighted by atomic mass is 35.5. The minimum absolute atomic E-state index is 0.118. The predicted molar refractivity (Wildman–Crippen MR) is 61.1 cm³/mol. The first-order valence-electron chi connectivity index (χ1n) is 4.46. The smallest absolute Gasteiger partial charge is 0.215 e. The maximum atomic E-state index is 11.5. The molecule has 0 radical (unpaired) electrons. The molecule has 0 bridgehead atoms. The first-order chi connectivity index (χ1) is 7.05. The van der Waals surface area contributed by atoms with Crippen LogP contribution in [0.25, 0.3) is 0 Å². The van der Waals surface area contributed by atoms with Crippen LogP contribution in [-0.2, 0) is 15.8 Å². The van der Waals surface area contributed by atoms with E-state index in [9.17, 15) is 8.42 Å². The second kappa shape index (κ2) is 5.46. The summed E-state index contributed by atoms with van der Waals surface area (Å²) in [7, 11) is -3.33. The molecule has 0 fully saturated rings. The zero-order chi connectivity index (χ0) is 11.3. The van der Waals surface area contributed by atoms with E-state index in [4.69, 9.17) is 17.3 Å². The second-order valence-corrected chi connectivity index (χ2v) is 5.25. The molecule has 0 saturated heterocycles. The van der Waals surface area contributed by atoms with Crippen molar-refractivity contribution in [2.24, 2.45) is 5.73 Å². The van der Waals surface area contributed by atoms with Gasteiger partial charge in [-0.2, -0.15) is 0 Å². The average Bonchev–Trinajstić information content (AvgIpc) is 2.18. The lowest BCUT2D eigenvalue weighted by atomic mass is 10.2. The fourth-order valence-corrected chi connectivity index (χ4v) is 2.56.